The molecule has 1 atom stereocenters. The molecule has 146 valence electrons. The molecule has 0 saturated carbocycles. The minimum atomic E-state index is -0.697. The number of esters is 1. The molecule has 0 fully saturated rings. The summed E-state index contributed by atoms with van der Waals surface area (Å²) in [4.78, 5) is 12.5. The number of carbonyl (C=O) groups excluding carboxylic acids is 1. The molecule has 0 aliphatic rings. The molecule has 7 heteroatoms. The molecule has 0 aliphatic carbocycles. The summed E-state index contributed by atoms with van der Waals surface area (Å²) in [5.41, 5.74) is 2.28. The van der Waals surface area contributed by atoms with Crippen molar-refractivity contribution in [1.82, 2.24) is 10.2 Å². The Labute approximate surface area is 163 Å². The summed E-state index contributed by atoms with van der Waals surface area (Å²) in [6.45, 7) is 6.05. The molecule has 3 aromatic rings. The standard InChI is InChI=1S/C21H22N2O5/c1-5-26-17-11-10-16(12-18(17)25-4)21(24)27-14(3)19-22-23-20(28-19)15-8-6-13(2)7-9-15/h6-12,14H,5H2,1-4H3/t14-/m0/s1. The van der Waals surface area contributed by atoms with Gasteiger partial charge in [-0.2, -0.15) is 0 Å². The van der Waals surface area contributed by atoms with Crippen molar-refractivity contribution in [2.24, 2.45) is 0 Å². The number of ether oxygens (including phenoxy) is 3. The minimum absolute atomic E-state index is 0.224. The Hall–Kier alpha value is -3.35. The number of hydrogen-bond donors (Lipinski definition) is 0. The molecule has 0 N–H and O–H groups in total. The van der Waals surface area contributed by atoms with Crippen LogP contribution in [0.4, 0.5) is 0 Å². The van der Waals surface area contributed by atoms with E-state index in [4.69, 9.17) is 18.6 Å². The van der Waals surface area contributed by atoms with Crippen LogP contribution in [-0.4, -0.2) is 29.9 Å². The molecule has 0 radical (unpaired) electrons. The maximum Gasteiger partial charge on any atom is 0.339 e. The zero-order valence-corrected chi connectivity index (χ0v) is 16.3. The summed E-state index contributed by atoms with van der Waals surface area (Å²) >= 11 is 0. The van der Waals surface area contributed by atoms with Crippen molar-refractivity contribution in [1.29, 1.82) is 0 Å². The van der Waals surface area contributed by atoms with Crippen LogP contribution in [0.1, 0.15) is 41.8 Å². The first-order valence-corrected chi connectivity index (χ1v) is 8.94. The topological polar surface area (TPSA) is 83.7 Å². The van der Waals surface area contributed by atoms with Crippen LogP contribution in [0.15, 0.2) is 46.9 Å². The molecule has 28 heavy (non-hydrogen) atoms. The van der Waals surface area contributed by atoms with Gasteiger partial charge >= 0.3 is 5.97 Å². The van der Waals surface area contributed by atoms with Crippen molar-refractivity contribution < 1.29 is 23.4 Å². The average molecular weight is 382 g/mol. The Kier molecular flexibility index (Phi) is 5.93. The Bertz CT molecular complexity index is 950. The van der Waals surface area contributed by atoms with E-state index in [1.165, 1.54) is 7.11 Å². The predicted molar refractivity (Wildman–Crippen MR) is 102 cm³/mol. The number of aromatic nitrogens is 2. The highest BCUT2D eigenvalue weighted by Gasteiger charge is 2.21. The minimum Gasteiger partial charge on any atom is -0.493 e. The van der Waals surface area contributed by atoms with Gasteiger partial charge in [0.05, 0.1) is 19.3 Å². The molecular formula is C21H22N2O5. The molecule has 7 nitrogen and oxygen atoms in total. The lowest BCUT2D eigenvalue weighted by atomic mass is 10.1. The van der Waals surface area contributed by atoms with Gasteiger partial charge in [0.15, 0.2) is 17.6 Å². The van der Waals surface area contributed by atoms with E-state index < -0.39 is 12.1 Å². The number of carbonyl (C=O) groups is 1. The van der Waals surface area contributed by atoms with E-state index >= 15 is 0 Å². The highest BCUT2D eigenvalue weighted by Crippen LogP contribution is 2.29. The Morgan fingerprint density at radius 2 is 1.86 bits per heavy atom. The zero-order valence-electron chi connectivity index (χ0n) is 16.3. The van der Waals surface area contributed by atoms with Crippen LogP contribution in [0.25, 0.3) is 11.5 Å². The zero-order chi connectivity index (χ0) is 20.1. The van der Waals surface area contributed by atoms with Crippen LogP contribution in [0, 0.1) is 6.92 Å². The monoisotopic (exact) mass is 382 g/mol. The van der Waals surface area contributed by atoms with Crippen molar-refractivity contribution in [2.45, 2.75) is 26.9 Å². The van der Waals surface area contributed by atoms with Gasteiger partial charge in [-0.3, -0.25) is 0 Å². The van der Waals surface area contributed by atoms with E-state index in [9.17, 15) is 4.79 Å². The van der Waals surface area contributed by atoms with Gasteiger partial charge in [-0.05, 0) is 51.1 Å². The third-order valence-electron chi connectivity index (χ3n) is 4.07. The van der Waals surface area contributed by atoms with E-state index in [2.05, 4.69) is 10.2 Å². The highest BCUT2D eigenvalue weighted by molar-refractivity contribution is 5.90. The normalized spacial score (nSPS) is 11.7. The fourth-order valence-electron chi connectivity index (χ4n) is 2.56. The first kappa shape index (κ1) is 19.4. The number of benzene rings is 2. The average Bonchev–Trinajstić information content (AvgIpc) is 3.19. The van der Waals surface area contributed by atoms with Crippen LogP contribution in [-0.2, 0) is 4.74 Å². The second-order valence-electron chi connectivity index (χ2n) is 6.16. The fraction of sp³-hybridized carbons (Fsp3) is 0.286. The van der Waals surface area contributed by atoms with Crippen molar-refractivity contribution in [3.05, 3.63) is 59.5 Å². The molecule has 0 saturated heterocycles. The van der Waals surface area contributed by atoms with Gasteiger partial charge in [-0.25, -0.2) is 4.79 Å². The molecule has 0 aliphatic heterocycles. The first-order chi connectivity index (χ1) is 13.5. The van der Waals surface area contributed by atoms with Gasteiger partial charge in [0.2, 0.25) is 5.89 Å². The molecule has 3 rings (SSSR count). The van der Waals surface area contributed by atoms with Crippen molar-refractivity contribution >= 4 is 5.97 Å². The van der Waals surface area contributed by atoms with Crippen LogP contribution in [0.2, 0.25) is 0 Å². The van der Waals surface area contributed by atoms with E-state index in [1.807, 2.05) is 38.1 Å². The van der Waals surface area contributed by atoms with Crippen molar-refractivity contribution in [3.8, 4) is 23.0 Å². The van der Waals surface area contributed by atoms with E-state index in [0.29, 0.717) is 29.6 Å². The lowest BCUT2D eigenvalue weighted by molar-refractivity contribution is 0.0279. The Morgan fingerprint density at radius 1 is 1.11 bits per heavy atom. The smallest absolute Gasteiger partial charge is 0.339 e. The largest absolute Gasteiger partial charge is 0.493 e. The second-order valence-corrected chi connectivity index (χ2v) is 6.16. The number of hydrogen-bond acceptors (Lipinski definition) is 7. The van der Waals surface area contributed by atoms with Crippen LogP contribution in [0.5, 0.6) is 11.5 Å². The fourth-order valence-corrected chi connectivity index (χ4v) is 2.56. The predicted octanol–water partition coefficient (Wildman–Crippen LogP) is 4.37. The van der Waals surface area contributed by atoms with Gasteiger partial charge in [0, 0.05) is 5.56 Å². The lowest BCUT2D eigenvalue weighted by Crippen LogP contribution is -2.10. The summed E-state index contributed by atoms with van der Waals surface area (Å²) < 4.78 is 21.8. The summed E-state index contributed by atoms with van der Waals surface area (Å²) in [5.74, 6) is 1.10. The van der Waals surface area contributed by atoms with Gasteiger partial charge in [0.25, 0.3) is 5.89 Å². The van der Waals surface area contributed by atoms with Gasteiger partial charge < -0.3 is 18.6 Å². The quantitative estimate of drug-likeness (QED) is 0.561. The maximum atomic E-state index is 12.5. The first-order valence-electron chi connectivity index (χ1n) is 8.94. The highest BCUT2D eigenvalue weighted by atomic mass is 16.6. The number of rotatable bonds is 7. The maximum absolute atomic E-state index is 12.5. The third-order valence-corrected chi connectivity index (χ3v) is 4.07. The number of aryl methyl sites for hydroxylation is 1. The van der Waals surface area contributed by atoms with Crippen molar-refractivity contribution in [2.75, 3.05) is 13.7 Å². The van der Waals surface area contributed by atoms with Gasteiger partial charge in [-0.15, -0.1) is 10.2 Å². The second kappa shape index (κ2) is 8.56. The molecule has 1 aromatic heterocycles. The summed E-state index contributed by atoms with van der Waals surface area (Å²) in [5, 5.41) is 8.03. The number of nitrogens with zero attached hydrogens (tertiary/aromatic N) is 2. The summed E-state index contributed by atoms with van der Waals surface area (Å²) in [7, 11) is 1.51. The SMILES string of the molecule is CCOc1ccc(C(=O)O[C@@H](C)c2nnc(-c3ccc(C)cc3)o2)cc1OC. The van der Waals surface area contributed by atoms with E-state index in [1.54, 1.807) is 25.1 Å². The molecule has 0 amide bonds. The number of methoxy groups -OCH3 is 1. The van der Waals surface area contributed by atoms with Crippen LogP contribution >= 0.6 is 0 Å². The third kappa shape index (κ3) is 4.31. The van der Waals surface area contributed by atoms with Crippen molar-refractivity contribution in [3.63, 3.8) is 0 Å². The van der Waals surface area contributed by atoms with Gasteiger partial charge in [0.1, 0.15) is 0 Å². The Morgan fingerprint density at radius 3 is 2.54 bits per heavy atom. The lowest BCUT2D eigenvalue weighted by Gasteiger charge is -2.12. The van der Waals surface area contributed by atoms with Gasteiger partial charge in [-0.1, -0.05) is 17.7 Å². The van der Waals surface area contributed by atoms with E-state index in [-0.39, 0.29) is 5.89 Å². The van der Waals surface area contributed by atoms with Crippen LogP contribution in [0.3, 0.4) is 0 Å². The molecule has 0 bridgehead atoms. The summed E-state index contributed by atoms with van der Waals surface area (Å²) in [6, 6.07) is 12.6. The molecule has 0 spiro atoms. The molecule has 2 aromatic carbocycles. The molecular weight excluding hydrogens is 360 g/mol. The van der Waals surface area contributed by atoms with Crippen LogP contribution < -0.4 is 9.47 Å². The summed E-state index contributed by atoms with van der Waals surface area (Å²) in [6.07, 6.45) is -0.697. The molecule has 1 heterocycles. The Balaban J connectivity index is 1.71. The van der Waals surface area contributed by atoms with E-state index in [0.717, 1.165) is 11.1 Å². The molecule has 0 unspecified atom stereocenters.